The van der Waals surface area contributed by atoms with Crippen LogP contribution in [-0.2, 0) is 12.8 Å². The molecule has 0 aliphatic heterocycles. The van der Waals surface area contributed by atoms with Gasteiger partial charge in [0.05, 0.1) is 13.2 Å². The standard InChI is InChI=1S/C17H20O2.2C4H10/c18-13-17(14-19,11-15-7-3-1-4-8-15)12-16-9-5-2-6-10-16;2*1-4(2)3/h1-10,18-19H,11-14H2;2*4H,1-3H3. The molecule has 152 valence electrons. The molecule has 2 heteroatoms. The molecule has 2 aromatic rings. The molecule has 2 N–H and O–H groups in total. The van der Waals surface area contributed by atoms with Gasteiger partial charge in [0, 0.05) is 5.41 Å². The van der Waals surface area contributed by atoms with Crippen LogP contribution in [0.2, 0.25) is 0 Å². The molecule has 0 saturated carbocycles. The molecule has 0 radical (unpaired) electrons. The van der Waals surface area contributed by atoms with Crippen molar-refractivity contribution in [3.05, 3.63) is 71.8 Å². The number of hydrogen-bond acceptors (Lipinski definition) is 2. The molecule has 0 unspecified atom stereocenters. The lowest BCUT2D eigenvalue weighted by Crippen LogP contribution is -2.34. The van der Waals surface area contributed by atoms with Crippen molar-refractivity contribution >= 4 is 0 Å². The molecular weight excluding hydrogens is 332 g/mol. The zero-order chi connectivity index (χ0) is 20.7. The highest BCUT2D eigenvalue weighted by Gasteiger charge is 2.29. The van der Waals surface area contributed by atoms with Gasteiger partial charge in [0.2, 0.25) is 0 Å². The molecule has 2 rings (SSSR count). The monoisotopic (exact) mass is 372 g/mol. The molecule has 0 saturated heterocycles. The maximum Gasteiger partial charge on any atom is 0.0515 e. The Morgan fingerprint density at radius 1 is 0.593 bits per heavy atom. The fourth-order valence-electron chi connectivity index (χ4n) is 2.39. The molecule has 0 amide bonds. The lowest BCUT2D eigenvalue weighted by molar-refractivity contribution is 0.0548. The van der Waals surface area contributed by atoms with E-state index in [1.54, 1.807) is 0 Å². The smallest absolute Gasteiger partial charge is 0.0515 e. The SMILES string of the molecule is CC(C)C.CC(C)C.OCC(CO)(Cc1ccccc1)Cc1ccccc1. The summed E-state index contributed by atoms with van der Waals surface area (Å²) in [6.07, 6.45) is 1.35. The van der Waals surface area contributed by atoms with Gasteiger partial charge in [0.1, 0.15) is 0 Å². The minimum absolute atomic E-state index is 0.0205. The second kappa shape index (κ2) is 14.4. The fourth-order valence-corrected chi connectivity index (χ4v) is 2.39. The highest BCUT2D eigenvalue weighted by atomic mass is 16.3. The van der Waals surface area contributed by atoms with Gasteiger partial charge >= 0.3 is 0 Å². The number of aliphatic hydroxyl groups excluding tert-OH is 2. The number of hydrogen-bond donors (Lipinski definition) is 2. The van der Waals surface area contributed by atoms with E-state index in [4.69, 9.17) is 0 Å². The Bertz CT molecular complexity index is 502. The van der Waals surface area contributed by atoms with Crippen LogP contribution in [0.3, 0.4) is 0 Å². The Hall–Kier alpha value is -1.64. The van der Waals surface area contributed by atoms with E-state index >= 15 is 0 Å². The summed E-state index contributed by atoms with van der Waals surface area (Å²) in [6.45, 7) is 13.0. The van der Waals surface area contributed by atoms with Gasteiger partial charge in [0.25, 0.3) is 0 Å². The molecule has 0 aliphatic carbocycles. The van der Waals surface area contributed by atoms with E-state index in [-0.39, 0.29) is 13.2 Å². The van der Waals surface area contributed by atoms with Crippen molar-refractivity contribution in [3.63, 3.8) is 0 Å². The first-order valence-corrected chi connectivity index (χ1v) is 10.0. The third kappa shape index (κ3) is 13.2. The molecule has 27 heavy (non-hydrogen) atoms. The largest absolute Gasteiger partial charge is 0.396 e. The fraction of sp³-hybridized carbons (Fsp3) is 0.520. The second-order valence-electron chi connectivity index (χ2n) is 8.61. The van der Waals surface area contributed by atoms with Crippen molar-refractivity contribution in [1.29, 1.82) is 0 Å². The van der Waals surface area contributed by atoms with Crippen molar-refractivity contribution in [2.24, 2.45) is 17.3 Å². The van der Waals surface area contributed by atoms with Crippen LogP contribution in [0, 0.1) is 17.3 Å². The predicted molar refractivity (Wildman–Crippen MR) is 118 cm³/mol. The second-order valence-corrected chi connectivity index (χ2v) is 8.61. The maximum absolute atomic E-state index is 9.74. The van der Waals surface area contributed by atoms with Crippen LogP contribution in [0.5, 0.6) is 0 Å². The predicted octanol–water partition coefficient (Wildman–Crippen LogP) is 5.77. The van der Waals surface area contributed by atoms with E-state index in [9.17, 15) is 10.2 Å². The van der Waals surface area contributed by atoms with Crippen molar-refractivity contribution < 1.29 is 10.2 Å². The van der Waals surface area contributed by atoms with Crippen molar-refractivity contribution in [2.75, 3.05) is 13.2 Å². The van der Waals surface area contributed by atoms with Gasteiger partial charge in [-0.3, -0.25) is 0 Å². The molecule has 2 aromatic carbocycles. The zero-order valence-corrected chi connectivity index (χ0v) is 18.2. The molecule has 0 bridgehead atoms. The highest BCUT2D eigenvalue weighted by Crippen LogP contribution is 2.27. The van der Waals surface area contributed by atoms with Crippen LogP contribution in [0.25, 0.3) is 0 Å². The average molecular weight is 373 g/mol. The molecule has 0 fully saturated rings. The Morgan fingerprint density at radius 3 is 1.07 bits per heavy atom. The van der Waals surface area contributed by atoms with Crippen LogP contribution in [0.4, 0.5) is 0 Å². The van der Waals surface area contributed by atoms with Crippen LogP contribution in [0.15, 0.2) is 60.7 Å². The van der Waals surface area contributed by atoms with Gasteiger partial charge in [-0.15, -0.1) is 0 Å². The third-order valence-electron chi connectivity index (χ3n) is 3.51. The number of aliphatic hydroxyl groups is 2. The molecule has 0 aromatic heterocycles. The van der Waals surface area contributed by atoms with E-state index in [2.05, 4.69) is 41.5 Å². The van der Waals surface area contributed by atoms with Gasteiger partial charge in [-0.25, -0.2) is 0 Å². The van der Waals surface area contributed by atoms with E-state index in [1.807, 2.05) is 60.7 Å². The van der Waals surface area contributed by atoms with E-state index in [0.29, 0.717) is 12.8 Å². The Balaban J connectivity index is 0.000000718. The molecular formula is C25H40O2. The average Bonchev–Trinajstić information content (AvgIpc) is 2.62. The summed E-state index contributed by atoms with van der Waals surface area (Å²) in [7, 11) is 0. The van der Waals surface area contributed by atoms with E-state index in [0.717, 1.165) is 23.0 Å². The molecule has 0 heterocycles. The van der Waals surface area contributed by atoms with Crippen LogP contribution in [-0.4, -0.2) is 23.4 Å². The first-order valence-electron chi connectivity index (χ1n) is 10.0. The Kier molecular flexibility index (Phi) is 13.5. The molecule has 0 spiro atoms. The quantitative estimate of drug-likeness (QED) is 0.676. The van der Waals surface area contributed by atoms with Gasteiger partial charge < -0.3 is 10.2 Å². The summed E-state index contributed by atoms with van der Waals surface area (Å²) in [4.78, 5) is 0. The maximum atomic E-state index is 9.74. The van der Waals surface area contributed by atoms with E-state index < -0.39 is 5.41 Å². The molecule has 0 atom stereocenters. The summed E-state index contributed by atoms with van der Waals surface area (Å²) >= 11 is 0. The summed E-state index contributed by atoms with van der Waals surface area (Å²) in [5.74, 6) is 1.67. The van der Waals surface area contributed by atoms with Crippen LogP contribution >= 0.6 is 0 Å². The van der Waals surface area contributed by atoms with Crippen molar-refractivity contribution in [1.82, 2.24) is 0 Å². The lowest BCUT2D eigenvalue weighted by Gasteiger charge is -2.30. The van der Waals surface area contributed by atoms with Crippen LogP contribution in [0.1, 0.15) is 52.7 Å². The third-order valence-corrected chi connectivity index (χ3v) is 3.51. The molecule has 2 nitrogen and oxygen atoms in total. The summed E-state index contributed by atoms with van der Waals surface area (Å²) in [5.41, 5.74) is 1.78. The first kappa shape index (κ1) is 25.4. The van der Waals surface area contributed by atoms with Gasteiger partial charge in [-0.1, -0.05) is 102 Å². The first-order chi connectivity index (χ1) is 12.7. The summed E-state index contributed by atoms with van der Waals surface area (Å²) in [6, 6.07) is 20.0. The van der Waals surface area contributed by atoms with E-state index in [1.165, 1.54) is 0 Å². The van der Waals surface area contributed by atoms with Crippen molar-refractivity contribution in [3.8, 4) is 0 Å². The van der Waals surface area contributed by atoms with Gasteiger partial charge in [0.15, 0.2) is 0 Å². The van der Waals surface area contributed by atoms with Gasteiger partial charge in [-0.05, 0) is 35.8 Å². The minimum atomic E-state index is -0.497. The summed E-state index contributed by atoms with van der Waals surface area (Å²) in [5, 5.41) is 19.5. The Morgan fingerprint density at radius 2 is 0.852 bits per heavy atom. The number of benzene rings is 2. The summed E-state index contributed by atoms with van der Waals surface area (Å²) < 4.78 is 0. The minimum Gasteiger partial charge on any atom is -0.396 e. The highest BCUT2D eigenvalue weighted by molar-refractivity contribution is 5.21. The number of rotatable bonds is 6. The zero-order valence-electron chi connectivity index (χ0n) is 18.2. The van der Waals surface area contributed by atoms with Crippen LogP contribution < -0.4 is 0 Å². The topological polar surface area (TPSA) is 40.5 Å². The normalized spacial score (nSPS) is 10.7. The van der Waals surface area contributed by atoms with Gasteiger partial charge in [-0.2, -0.15) is 0 Å². The Labute approximate surface area is 167 Å². The molecule has 0 aliphatic rings. The lowest BCUT2D eigenvalue weighted by atomic mass is 9.78. The van der Waals surface area contributed by atoms with Crippen molar-refractivity contribution in [2.45, 2.75) is 54.4 Å².